The number of nitrogens with zero attached hydrogens (tertiary/aromatic N) is 4. The number of rotatable bonds is 18. The second kappa shape index (κ2) is 29.8. The Hall–Kier alpha value is -9.51. The van der Waals surface area contributed by atoms with E-state index in [0.717, 1.165) is 82.7 Å². The van der Waals surface area contributed by atoms with Crippen molar-refractivity contribution in [1.82, 2.24) is 20.1 Å². The molecule has 12 rings (SSSR count). The van der Waals surface area contributed by atoms with Crippen LogP contribution in [-0.2, 0) is 56.7 Å². The molecule has 14 nitrogen and oxygen atoms in total. The number of carbonyl (C=O) groups excluding carboxylic acids is 4. The molecule has 2 aliphatic heterocycles. The topological polar surface area (TPSA) is 175 Å². The highest BCUT2D eigenvalue weighted by atomic mass is 35.5. The van der Waals surface area contributed by atoms with E-state index in [0.29, 0.717) is 41.4 Å². The van der Waals surface area contributed by atoms with Crippen molar-refractivity contribution in [1.29, 1.82) is 0 Å². The maximum atomic E-state index is 13.6. The summed E-state index contributed by atoms with van der Waals surface area (Å²) in [5.74, 6) is -0.432. The Bertz CT molecular complexity index is 4100. The van der Waals surface area contributed by atoms with E-state index < -0.39 is 53.5 Å². The first kappa shape index (κ1) is 66.4. The Kier molecular flexibility index (Phi) is 21.3. The molecule has 2 aliphatic rings. The number of aromatic hydroxyl groups is 1. The van der Waals surface area contributed by atoms with Crippen molar-refractivity contribution in [3.63, 3.8) is 0 Å². The molecule has 2 saturated heterocycles. The first-order valence-electron chi connectivity index (χ1n) is 29.2. The zero-order valence-electron chi connectivity index (χ0n) is 49.8. The minimum absolute atomic E-state index is 0.0196. The number of benzene rings is 6. The summed E-state index contributed by atoms with van der Waals surface area (Å²) in [7, 11) is 0. The summed E-state index contributed by atoms with van der Waals surface area (Å²) >= 11 is 8.76. The highest BCUT2D eigenvalue weighted by molar-refractivity contribution is 7.16. The number of hydrogen-bond acceptors (Lipinski definition) is 14. The highest BCUT2D eigenvalue weighted by Crippen LogP contribution is 2.39. The minimum atomic E-state index is -4.38. The summed E-state index contributed by atoms with van der Waals surface area (Å²) in [6, 6.07) is 50.0. The van der Waals surface area contributed by atoms with Gasteiger partial charge in [0.2, 0.25) is 11.8 Å². The lowest BCUT2D eigenvalue weighted by atomic mass is 9.91. The number of thiophene rings is 2. The van der Waals surface area contributed by atoms with Crippen LogP contribution in [0.2, 0.25) is 0 Å². The summed E-state index contributed by atoms with van der Waals surface area (Å²) in [5, 5.41) is 17.6. The van der Waals surface area contributed by atoms with Crippen molar-refractivity contribution >= 4 is 58.3 Å². The third-order valence-corrected chi connectivity index (χ3v) is 18.6. The molecule has 0 radical (unpaired) electrons. The molecule has 4 atom stereocenters. The third kappa shape index (κ3) is 17.0. The third-order valence-electron chi connectivity index (χ3n) is 15.6. The molecule has 0 spiro atoms. The van der Waals surface area contributed by atoms with E-state index in [1.54, 1.807) is 48.5 Å². The zero-order chi connectivity index (χ0) is 65.8. The van der Waals surface area contributed by atoms with Crippen LogP contribution < -0.4 is 4.74 Å². The number of halogens is 7. The van der Waals surface area contributed by atoms with Crippen LogP contribution >= 0.6 is 34.3 Å². The van der Waals surface area contributed by atoms with E-state index in [1.807, 2.05) is 98.8 Å². The molecular formula is C70H59ClF6N4O10S2. The summed E-state index contributed by atoms with van der Waals surface area (Å²) in [6.07, 6.45) is -6.03. The molecule has 0 saturated carbocycles. The quantitative estimate of drug-likeness (QED) is 0.0637. The largest absolute Gasteiger partial charge is 0.508 e. The maximum Gasteiger partial charge on any atom is 0.416 e. The molecule has 0 unspecified atom stereocenters. The number of carbonyl (C=O) groups is 4. The fourth-order valence-corrected chi connectivity index (χ4v) is 13.1. The molecule has 4 aromatic heterocycles. The Balaban J connectivity index is 0.000000170. The van der Waals surface area contributed by atoms with Crippen LogP contribution in [0.15, 0.2) is 204 Å². The molecule has 4 amide bonds. The molecule has 1 N–H and O–H groups in total. The maximum absolute atomic E-state index is 13.6. The molecule has 0 aliphatic carbocycles. The van der Waals surface area contributed by atoms with Crippen molar-refractivity contribution in [2.75, 3.05) is 13.2 Å². The van der Waals surface area contributed by atoms with Gasteiger partial charge in [0.05, 0.1) is 40.5 Å². The monoisotopic (exact) mass is 1330 g/mol. The summed E-state index contributed by atoms with van der Waals surface area (Å²) in [6.45, 7) is 4.47. The van der Waals surface area contributed by atoms with Gasteiger partial charge in [0.1, 0.15) is 43.8 Å². The van der Waals surface area contributed by atoms with E-state index in [2.05, 4.69) is 10.3 Å². The molecule has 6 aromatic carbocycles. The lowest BCUT2D eigenvalue weighted by molar-refractivity contribution is -0.138. The van der Waals surface area contributed by atoms with Gasteiger partial charge in [0, 0.05) is 56.3 Å². The fourth-order valence-electron chi connectivity index (χ4n) is 10.6. The number of aromatic nitrogens is 2. The second-order valence-corrected chi connectivity index (χ2v) is 24.4. The van der Waals surface area contributed by atoms with Gasteiger partial charge < -0.3 is 28.4 Å². The Morgan fingerprint density at radius 1 is 0.581 bits per heavy atom. The molecule has 2 fully saturated rings. The van der Waals surface area contributed by atoms with Crippen molar-refractivity contribution < 1.29 is 73.9 Å². The van der Waals surface area contributed by atoms with Crippen LogP contribution in [0, 0.1) is 13.8 Å². The van der Waals surface area contributed by atoms with E-state index in [4.69, 9.17) is 34.9 Å². The summed E-state index contributed by atoms with van der Waals surface area (Å²) < 4.78 is 103. The highest BCUT2D eigenvalue weighted by Gasteiger charge is 2.41. The van der Waals surface area contributed by atoms with Crippen LogP contribution in [0.1, 0.15) is 90.3 Å². The number of phenols is 1. The van der Waals surface area contributed by atoms with Gasteiger partial charge in [-0.25, -0.2) is 19.4 Å². The lowest BCUT2D eigenvalue weighted by Gasteiger charge is -2.22. The van der Waals surface area contributed by atoms with Crippen molar-refractivity contribution in [3.8, 4) is 32.4 Å². The first-order chi connectivity index (χ1) is 44.7. The molecule has 480 valence electrons. The number of alkyl halides is 7. The average molecular weight is 1330 g/mol. The van der Waals surface area contributed by atoms with Gasteiger partial charge >= 0.3 is 24.5 Å². The molecule has 93 heavy (non-hydrogen) atoms. The van der Waals surface area contributed by atoms with Gasteiger partial charge in [-0.2, -0.15) is 26.3 Å². The Labute approximate surface area is 543 Å². The Morgan fingerprint density at radius 3 is 1.38 bits per heavy atom. The summed E-state index contributed by atoms with van der Waals surface area (Å²) in [4.78, 5) is 57.8. The van der Waals surface area contributed by atoms with Crippen LogP contribution in [-0.4, -0.2) is 74.5 Å². The zero-order valence-corrected chi connectivity index (χ0v) is 52.2. The van der Waals surface area contributed by atoms with Crippen molar-refractivity contribution in [2.45, 2.75) is 88.3 Å². The fraction of sp³-hybridized carbons (Fsp3) is 0.229. The normalized spacial score (nSPS) is 15.3. The summed E-state index contributed by atoms with van der Waals surface area (Å²) in [5.41, 5.74) is 6.98. The molecule has 10 aromatic rings. The predicted octanol–water partition coefficient (Wildman–Crippen LogP) is 17.4. The van der Waals surface area contributed by atoms with Crippen LogP contribution in [0.4, 0.5) is 35.9 Å². The van der Waals surface area contributed by atoms with Gasteiger partial charge in [0.15, 0.2) is 0 Å². The van der Waals surface area contributed by atoms with E-state index in [9.17, 15) is 50.6 Å². The second-order valence-electron chi connectivity index (χ2n) is 21.9. The van der Waals surface area contributed by atoms with E-state index in [-0.39, 0.29) is 56.3 Å². The number of aryl methyl sites for hydroxylation is 2. The van der Waals surface area contributed by atoms with Gasteiger partial charge in [-0.1, -0.05) is 120 Å². The van der Waals surface area contributed by atoms with E-state index >= 15 is 0 Å². The van der Waals surface area contributed by atoms with Crippen molar-refractivity contribution in [3.05, 3.63) is 260 Å². The number of hydrogen-bond donors (Lipinski definition) is 1. The predicted molar refractivity (Wildman–Crippen MR) is 338 cm³/mol. The molecule has 0 bridgehead atoms. The van der Waals surface area contributed by atoms with Crippen LogP contribution in [0.3, 0.4) is 0 Å². The minimum Gasteiger partial charge on any atom is -0.508 e. The van der Waals surface area contributed by atoms with Crippen LogP contribution in [0.25, 0.3) is 20.9 Å². The molecule has 23 heteroatoms. The number of phenolic OH excluding ortho intramolecular Hbond substituents is 1. The standard InChI is InChI=1S/C35H29F3N2O5S.C22H20N2O5.C13H10ClF3S/c1-22-17-31(25-7-11-26(12-8-25)35(36,37)38)46-32(22)21-43-28-13-9-24(10-14-28)29(30-15-16-45-39-30)19-33(41)40-27(20-44-34(40)42)18-23-5-3-2-4-6-23;25-18-8-6-16(7-9-18)19(20-10-11-29-23-20)13-21(26)24-17(14-28-22(24)27)12-15-4-2-1-3-5-15;1-8-6-11(18-12(8)7-14)9-2-4-10(5-3-9)13(15,16)17/h2-17,27,29H,18-21H2,1H3;1-11,17,19,25H,12-14H2;2-6H,7H2,1H3/t27-,29-;17-,19-;/m00./s1. The van der Waals surface area contributed by atoms with Gasteiger partial charge in [-0.3, -0.25) is 9.59 Å². The first-order valence-corrected chi connectivity index (χ1v) is 31.3. The number of amides is 4. The van der Waals surface area contributed by atoms with Crippen LogP contribution in [0.5, 0.6) is 11.5 Å². The SMILES string of the molecule is Cc1cc(-c2ccc(C(F)(F)F)cc2)sc1CCl.Cc1cc(-c2ccc(C(F)(F)F)cc2)sc1COc1ccc([C@H](CC(=O)N2C(=O)OC[C@@H]2Cc2ccccc2)c2ccon2)cc1.O=C(C[C@@H](c1ccc(O)cc1)c1ccon1)N1C(=O)OC[C@@H]1Cc1ccccc1. The smallest absolute Gasteiger partial charge is 0.416 e. The average Bonchev–Trinajstić information content (AvgIpc) is 2.22. The van der Waals surface area contributed by atoms with Gasteiger partial charge in [-0.15, -0.1) is 34.3 Å². The Morgan fingerprint density at radius 2 is 0.989 bits per heavy atom. The van der Waals surface area contributed by atoms with Gasteiger partial charge in [0.25, 0.3) is 0 Å². The number of cyclic esters (lactones) is 2. The lowest BCUT2D eigenvalue weighted by Crippen LogP contribution is -2.40. The van der Waals surface area contributed by atoms with Gasteiger partial charge in [-0.05, 0) is 132 Å². The van der Waals surface area contributed by atoms with E-state index in [1.165, 1.54) is 69.3 Å². The number of imide groups is 2. The van der Waals surface area contributed by atoms with Crippen molar-refractivity contribution in [2.24, 2.45) is 0 Å². The molecular weight excluding hydrogens is 1270 g/mol. The number of ether oxygens (including phenoxy) is 3. The molecule has 6 heterocycles.